The molecule has 20 heavy (non-hydrogen) atoms. The Bertz CT molecular complexity index is 573. The Hall–Kier alpha value is -2.50. The fourth-order valence-corrected chi connectivity index (χ4v) is 2.23. The van der Waals surface area contributed by atoms with Gasteiger partial charge in [-0.1, -0.05) is 0 Å². The lowest BCUT2D eigenvalue weighted by molar-refractivity contribution is -0.106. The van der Waals surface area contributed by atoms with Crippen LogP contribution in [-0.2, 0) is 9.59 Å². The van der Waals surface area contributed by atoms with Gasteiger partial charge in [0.2, 0.25) is 12.8 Å². The number of hydrogen-bond acceptors (Lipinski definition) is 4. The average Bonchev–Trinajstić information content (AvgIpc) is 2.93. The predicted octanol–water partition coefficient (Wildman–Crippen LogP) is 2.78. The molecule has 0 aliphatic carbocycles. The van der Waals surface area contributed by atoms with Crippen LogP contribution in [-0.4, -0.2) is 12.8 Å². The molecule has 0 atom stereocenters. The molecule has 0 spiro atoms. The third-order valence-corrected chi connectivity index (χ3v) is 3.10. The quantitative estimate of drug-likeness (QED) is 0.794. The standard InChI is InChI=1S/C14H16N2O4/c1-8-4-11(15-6-17)19-13(8)10(3)14-9(2)5-12(20-14)16-7-18/h4-7,10H,1-3H3,(H,15,17)(H,16,18). The lowest BCUT2D eigenvalue weighted by Gasteiger charge is -2.08. The molecule has 2 heterocycles. The number of nitrogens with one attached hydrogen (secondary N) is 2. The maximum Gasteiger partial charge on any atom is 0.213 e. The van der Waals surface area contributed by atoms with E-state index in [1.165, 1.54) is 0 Å². The molecule has 0 fully saturated rings. The molecular formula is C14H16N2O4. The number of furan rings is 2. The Morgan fingerprint density at radius 1 is 0.950 bits per heavy atom. The van der Waals surface area contributed by atoms with Crippen LogP contribution >= 0.6 is 0 Å². The van der Waals surface area contributed by atoms with Crippen LogP contribution < -0.4 is 10.6 Å². The molecule has 2 N–H and O–H groups in total. The van der Waals surface area contributed by atoms with E-state index in [0.29, 0.717) is 36.1 Å². The normalized spacial score (nSPS) is 10.6. The fourth-order valence-electron chi connectivity index (χ4n) is 2.23. The molecule has 0 aromatic carbocycles. The van der Waals surface area contributed by atoms with Crippen molar-refractivity contribution in [1.29, 1.82) is 0 Å². The minimum Gasteiger partial charge on any atom is -0.444 e. The van der Waals surface area contributed by atoms with Crippen LogP contribution in [0.4, 0.5) is 11.8 Å². The van der Waals surface area contributed by atoms with E-state index in [1.54, 1.807) is 12.1 Å². The van der Waals surface area contributed by atoms with Crippen LogP contribution in [0.2, 0.25) is 0 Å². The molecule has 0 bridgehead atoms. The molecule has 6 nitrogen and oxygen atoms in total. The molecule has 0 aliphatic heterocycles. The summed E-state index contributed by atoms with van der Waals surface area (Å²) >= 11 is 0. The van der Waals surface area contributed by atoms with Crippen LogP contribution in [0.1, 0.15) is 35.5 Å². The van der Waals surface area contributed by atoms with Crippen molar-refractivity contribution in [3.05, 3.63) is 34.8 Å². The van der Waals surface area contributed by atoms with Crippen LogP contribution in [0, 0.1) is 13.8 Å². The molecule has 0 unspecified atom stereocenters. The second kappa shape index (κ2) is 5.64. The number of rotatable bonds is 6. The van der Waals surface area contributed by atoms with Gasteiger partial charge in [-0.15, -0.1) is 0 Å². The highest BCUT2D eigenvalue weighted by Crippen LogP contribution is 2.34. The largest absolute Gasteiger partial charge is 0.444 e. The molecule has 0 saturated heterocycles. The van der Waals surface area contributed by atoms with Crippen LogP contribution in [0.15, 0.2) is 21.0 Å². The van der Waals surface area contributed by atoms with Gasteiger partial charge in [-0.3, -0.25) is 20.2 Å². The summed E-state index contributed by atoms with van der Waals surface area (Å²) < 4.78 is 11.2. The van der Waals surface area contributed by atoms with Crippen molar-refractivity contribution in [3.8, 4) is 0 Å². The second-order valence-electron chi connectivity index (χ2n) is 4.56. The zero-order valence-corrected chi connectivity index (χ0v) is 11.5. The smallest absolute Gasteiger partial charge is 0.213 e. The van der Waals surface area contributed by atoms with E-state index in [4.69, 9.17) is 8.83 Å². The highest BCUT2D eigenvalue weighted by atomic mass is 16.4. The topological polar surface area (TPSA) is 84.5 Å². The van der Waals surface area contributed by atoms with E-state index in [-0.39, 0.29) is 5.92 Å². The molecular weight excluding hydrogens is 260 g/mol. The van der Waals surface area contributed by atoms with Crippen molar-refractivity contribution in [3.63, 3.8) is 0 Å². The number of aryl methyl sites for hydroxylation is 2. The minimum absolute atomic E-state index is 0.126. The summed E-state index contributed by atoms with van der Waals surface area (Å²) in [5.41, 5.74) is 1.84. The summed E-state index contributed by atoms with van der Waals surface area (Å²) in [7, 11) is 0. The third-order valence-electron chi connectivity index (χ3n) is 3.10. The first-order valence-electron chi connectivity index (χ1n) is 6.17. The Kier molecular flexibility index (Phi) is 3.93. The van der Waals surface area contributed by atoms with Gasteiger partial charge in [0.25, 0.3) is 0 Å². The molecule has 0 radical (unpaired) electrons. The number of anilines is 2. The molecule has 106 valence electrons. The lowest BCUT2D eigenvalue weighted by atomic mass is 10.0. The molecule has 2 amide bonds. The zero-order valence-electron chi connectivity index (χ0n) is 11.5. The summed E-state index contributed by atoms with van der Waals surface area (Å²) in [5.74, 6) is 2.10. The van der Waals surface area contributed by atoms with Crippen molar-refractivity contribution < 1.29 is 18.4 Å². The molecule has 0 aliphatic rings. The maximum atomic E-state index is 10.4. The van der Waals surface area contributed by atoms with Crippen LogP contribution in [0.3, 0.4) is 0 Å². The average molecular weight is 276 g/mol. The fraction of sp³-hybridized carbons (Fsp3) is 0.286. The SMILES string of the molecule is Cc1cc(NC=O)oc1C(C)c1oc(NC=O)cc1C. The second-order valence-corrected chi connectivity index (χ2v) is 4.56. The maximum absolute atomic E-state index is 10.4. The monoisotopic (exact) mass is 276 g/mol. The van der Waals surface area contributed by atoms with Crippen molar-refractivity contribution >= 4 is 24.6 Å². The number of amides is 2. The van der Waals surface area contributed by atoms with Gasteiger partial charge in [-0.25, -0.2) is 0 Å². The van der Waals surface area contributed by atoms with Gasteiger partial charge in [0.15, 0.2) is 11.8 Å². The van der Waals surface area contributed by atoms with Crippen LogP contribution in [0.25, 0.3) is 0 Å². The van der Waals surface area contributed by atoms with Gasteiger partial charge in [0.1, 0.15) is 11.5 Å². The molecule has 2 aromatic heterocycles. The molecule has 0 saturated carbocycles. The van der Waals surface area contributed by atoms with Gasteiger partial charge in [0.05, 0.1) is 5.92 Å². The lowest BCUT2D eigenvalue weighted by Crippen LogP contribution is -1.97. The highest BCUT2D eigenvalue weighted by Gasteiger charge is 2.22. The minimum atomic E-state index is -0.126. The van der Waals surface area contributed by atoms with Gasteiger partial charge >= 0.3 is 0 Å². The van der Waals surface area contributed by atoms with Gasteiger partial charge in [-0.2, -0.15) is 0 Å². The van der Waals surface area contributed by atoms with Crippen molar-refractivity contribution in [2.24, 2.45) is 0 Å². The zero-order chi connectivity index (χ0) is 14.7. The number of carbonyl (C=O) groups is 2. The van der Waals surface area contributed by atoms with Crippen LogP contribution in [0.5, 0.6) is 0 Å². The highest BCUT2D eigenvalue weighted by molar-refractivity contribution is 5.69. The molecule has 6 heteroatoms. The van der Waals surface area contributed by atoms with Crippen molar-refractivity contribution in [2.75, 3.05) is 10.6 Å². The Labute approximate surface area is 116 Å². The van der Waals surface area contributed by atoms with E-state index in [2.05, 4.69) is 10.6 Å². The summed E-state index contributed by atoms with van der Waals surface area (Å²) in [5, 5.41) is 4.96. The van der Waals surface area contributed by atoms with Gasteiger partial charge in [-0.05, 0) is 31.9 Å². The molecule has 2 rings (SSSR count). The summed E-state index contributed by atoms with van der Waals surface area (Å²) in [4.78, 5) is 20.9. The Balaban J connectivity index is 2.32. The summed E-state index contributed by atoms with van der Waals surface area (Å²) in [6.07, 6.45) is 1.13. The van der Waals surface area contributed by atoms with E-state index < -0.39 is 0 Å². The van der Waals surface area contributed by atoms with E-state index in [0.717, 1.165) is 11.1 Å². The predicted molar refractivity (Wildman–Crippen MR) is 73.8 cm³/mol. The van der Waals surface area contributed by atoms with Crippen molar-refractivity contribution in [1.82, 2.24) is 0 Å². The van der Waals surface area contributed by atoms with Gasteiger partial charge in [0, 0.05) is 12.1 Å². The summed E-state index contributed by atoms with van der Waals surface area (Å²) in [6.45, 7) is 5.73. The number of hydrogen-bond donors (Lipinski definition) is 2. The molecule has 2 aromatic rings. The third kappa shape index (κ3) is 2.59. The van der Waals surface area contributed by atoms with E-state index in [9.17, 15) is 9.59 Å². The Morgan fingerprint density at radius 2 is 1.35 bits per heavy atom. The first-order chi connectivity index (χ1) is 9.56. The van der Waals surface area contributed by atoms with Crippen molar-refractivity contribution in [2.45, 2.75) is 26.7 Å². The number of carbonyl (C=O) groups excluding carboxylic acids is 2. The van der Waals surface area contributed by atoms with Gasteiger partial charge < -0.3 is 8.83 Å². The first-order valence-corrected chi connectivity index (χ1v) is 6.17. The summed E-state index contributed by atoms with van der Waals surface area (Å²) in [6, 6.07) is 3.51. The first kappa shape index (κ1) is 13.9. The van der Waals surface area contributed by atoms with E-state index in [1.807, 2.05) is 20.8 Å². The van der Waals surface area contributed by atoms with E-state index >= 15 is 0 Å². The Morgan fingerprint density at radius 3 is 1.70 bits per heavy atom.